The van der Waals surface area contributed by atoms with Gasteiger partial charge < -0.3 is 5.32 Å². The van der Waals surface area contributed by atoms with Crippen LogP contribution < -0.4 is 5.32 Å². The third kappa shape index (κ3) is 5.75. The summed E-state index contributed by atoms with van der Waals surface area (Å²) in [6, 6.07) is 26.5. The molecule has 0 aliphatic carbocycles. The smallest absolute Gasteiger partial charge is 0.322 e. The van der Waals surface area contributed by atoms with E-state index in [2.05, 4.69) is 41.4 Å². The summed E-state index contributed by atoms with van der Waals surface area (Å²) in [6.07, 6.45) is -3.70. The number of benzene rings is 4. The summed E-state index contributed by atoms with van der Waals surface area (Å²) in [5, 5.41) is 2.83. The molecule has 1 aliphatic heterocycles. The molecule has 0 radical (unpaired) electrons. The molecular weight excluding hydrogens is 473 g/mol. The quantitative estimate of drug-likeness (QED) is 0.308. The van der Waals surface area contributed by atoms with Crippen LogP contribution in [0.2, 0.25) is 0 Å². The van der Waals surface area contributed by atoms with Gasteiger partial charge in [-0.2, -0.15) is 13.2 Å². The van der Waals surface area contributed by atoms with Crippen LogP contribution in [-0.2, 0) is 25.7 Å². The molecule has 6 heteroatoms. The fraction of sp³-hybridized carbons (Fsp3) is 0.194. The van der Waals surface area contributed by atoms with Gasteiger partial charge in [0.05, 0.1) is 5.56 Å². The van der Waals surface area contributed by atoms with Crippen molar-refractivity contribution in [2.45, 2.75) is 32.6 Å². The lowest BCUT2D eigenvalue weighted by molar-refractivity contribution is -0.137. The fourth-order valence-corrected chi connectivity index (χ4v) is 4.87. The van der Waals surface area contributed by atoms with E-state index in [4.69, 9.17) is 0 Å². The zero-order valence-corrected chi connectivity index (χ0v) is 20.5. The predicted octanol–water partition coefficient (Wildman–Crippen LogP) is 7.49. The molecule has 4 aromatic rings. The van der Waals surface area contributed by atoms with Crippen LogP contribution in [0.4, 0.5) is 18.9 Å². The molecule has 0 spiro atoms. The molecule has 0 fully saturated rings. The van der Waals surface area contributed by atoms with E-state index in [0.717, 1.165) is 43.8 Å². The van der Waals surface area contributed by atoms with Crippen LogP contribution in [0.15, 0.2) is 91.0 Å². The minimum atomic E-state index is -4.54. The molecule has 0 saturated heterocycles. The fourth-order valence-electron chi connectivity index (χ4n) is 4.87. The van der Waals surface area contributed by atoms with Gasteiger partial charge in [-0.15, -0.1) is 0 Å². The van der Waals surface area contributed by atoms with Crippen LogP contribution >= 0.6 is 0 Å². The summed E-state index contributed by atoms with van der Waals surface area (Å²) in [5.41, 5.74) is 5.71. The summed E-state index contributed by atoms with van der Waals surface area (Å²) in [7, 11) is 0. The van der Waals surface area contributed by atoms with E-state index in [9.17, 15) is 18.0 Å². The Morgan fingerprint density at radius 3 is 2.46 bits per heavy atom. The molecule has 1 amide bonds. The number of hydrogen-bond donors (Lipinski definition) is 1. The molecule has 0 unspecified atom stereocenters. The van der Waals surface area contributed by atoms with Gasteiger partial charge in [-0.1, -0.05) is 72.3 Å². The monoisotopic (exact) mass is 500 g/mol. The number of nitrogens with zero attached hydrogens (tertiary/aromatic N) is 1. The normalized spacial score (nSPS) is 13.7. The van der Waals surface area contributed by atoms with Gasteiger partial charge in [0.1, 0.15) is 0 Å². The van der Waals surface area contributed by atoms with Crippen molar-refractivity contribution in [1.82, 2.24) is 4.90 Å². The average molecular weight is 501 g/mol. The third-order valence-electron chi connectivity index (χ3n) is 6.72. The maximum atomic E-state index is 13.4. The highest BCUT2D eigenvalue weighted by Gasteiger charge is 2.32. The second-order valence-electron chi connectivity index (χ2n) is 9.51. The van der Waals surface area contributed by atoms with E-state index in [1.165, 1.54) is 22.8 Å². The molecule has 0 atom stereocenters. The zero-order valence-electron chi connectivity index (χ0n) is 20.5. The average Bonchev–Trinajstić information content (AvgIpc) is 2.88. The number of hydrogen-bond acceptors (Lipinski definition) is 2. The molecule has 1 N–H and O–H groups in total. The van der Waals surface area contributed by atoms with E-state index >= 15 is 0 Å². The maximum Gasteiger partial charge on any atom is 0.416 e. The summed E-state index contributed by atoms with van der Waals surface area (Å²) in [5.74, 6) is -0.568. The van der Waals surface area contributed by atoms with Crippen molar-refractivity contribution in [3.05, 3.63) is 124 Å². The highest BCUT2D eigenvalue weighted by molar-refractivity contribution is 6.09. The predicted molar refractivity (Wildman–Crippen MR) is 140 cm³/mol. The van der Waals surface area contributed by atoms with Gasteiger partial charge in [0.25, 0.3) is 5.91 Å². The van der Waals surface area contributed by atoms with Crippen LogP contribution in [0, 0.1) is 6.92 Å². The number of aryl methyl sites for hydroxylation is 1. The van der Waals surface area contributed by atoms with Crippen molar-refractivity contribution in [3.8, 4) is 11.1 Å². The first-order chi connectivity index (χ1) is 17.8. The summed E-state index contributed by atoms with van der Waals surface area (Å²) in [6.45, 7) is 4.66. The van der Waals surface area contributed by atoms with Crippen molar-refractivity contribution < 1.29 is 18.0 Å². The molecule has 37 heavy (non-hydrogen) atoms. The number of alkyl halides is 3. The molecule has 3 nitrogen and oxygen atoms in total. The topological polar surface area (TPSA) is 32.3 Å². The number of nitrogens with one attached hydrogen (secondary N) is 1. The van der Waals surface area contributed by atoms with Gasteiger partial charge in [-0.25, -0.2) is 0 Å². The molecular formula is C31H27F3N2O. The lowest BCUT2D eigenvalue weighted by Crippen LogP contribution is -2.30. The van der Waals surface area contributed by atoms with Crippen LogP contribution in [0.25, 0.3) is 11.1 Å². The Morgan fingerprint density at radius 1 is 0.892 bits per heavy atom. The van der Waals surface area contributed by atoms with Crippen molar-refractivity contribution >= 4 is 11.6 Å². The van der Waals surface area contributed by atoms with Crippen LogP contribution in [-0.4, -0.2) is 17.4 Å². The highest BCUT2D eigenvalue weighted by atomic mass is 19.4. The van der Waals surface area contributed by atoms with E-state index in [0.29, 0.717) is 16.8 Å². The molecule has 1 aliphatic rings. The Bertz CT molecular complexity index is 1430. The van der Waals surface area contributed by atoms with Gasteiger partial charge >= 0.3 is 6.18 Å². The summed E-state index contributed by atoms with van der Waals surface area (Å²) in [4.78, 5) is 15.6. The first-order valence-corrected chi connectivity index (χ1v) is 12.2. The molecule has 0 saturated carbocycles. The number of amides is 1. The minimum absolute atomic E-state index is 0.0110. The molecule has 0 bridgehead atoms. The summed E-state index contributed by atoms with van der Waals surface area (Å²) >= 11 is 0. The Morgan fingerprint density at radius 2 is 1.70 bits per heavy atom. The van der Waals surface area contributed by atoms with E-state index in [1.807, 2.05) is 24.3 Å². The van der Waals surface area contributed by atoms with Gasteiger partial charge in [0, 0.05) is 30.9 Å². The Labute approximate surface area is 214 Å². The standard InChI is InChI=1S/C31H27F3N2O/c1-21-6-5-7-22(16-21)19-36-15-14-24-17-27(12-10-25(24)20-36)35-30(37)29-18-26(31(32,33)34)11-13-28(29)23-8-3-2-4-9-23/h2-13,16-18H,14-15,19-20H2,1H3,(H,35,37). The van der Waals surface area contributed by atoms with Crippen LogP contribution in [0.3, 0.4) is 0 Å². The second kappa shape index (κ2) is 10.2. The van der Waals surface area contributed by atoms with Crippen molar-refractivity contribution in [2.75, 3.05) is 11.9 Å². The second-order valence-corrected chi connectivity index (χ2v) is 9.51. The Kier molecular flexibility index (Phi) is 6.85. The first kappa shape index (κ1) is 24.8. The maximum absolute atomic E-state index is 13.4. The third-order valence-corrected chi connectivity index (χ3v) is 6.72. The zero-order chi connectivity index (χ0) is 26.0. The van der Waals surface area contributed by atoms with Crippen molar-refractivity contribution in [1.29, 1.82) is 0 Å². The number of halogens is 3. The Balaban J connectivity index is 1.36. The first-order valence-electron chi connectivity index (χ1n) is 12.2. The van der Waals surface area contributed by atoms with Gasteiger partial charge in [0.2, 0.25) is 0 Å². The van der Waals surface area contributed by atoms with E-state index < -0.39 is 17.6 Å². The van der Waals surface area contributed by atoms with Crippen molar-refractivity contribution in [2.24, 2.45) is 0 Å². The number of anilines is 1. The molecule has 4 aromatic carbocycles. The van der Waals surface area contributed by atoms with Crippen LogP contribution in [0.1, 0.15) is 38.2 Å². The summed E-state index contributed by atoms with van der Waals surface area (Å²) < 4.78 is 40.3. The lowest BCUT2D eigenvalue weighted by Gasteiger charge is -2.29. The number of carbonyl (C=O) groups excluding carboxylic acids is 1. The van der Waals surface area contributed by atoms with Gasteiger partial charge in [-0.05, 0) is 65.4 Å². The molecule has 188 valence electrons. The van der Waals surface area contributed by atoms with Crippen LogP contribution in [0.5, 0.6) is 0 Å². The molecule has 5 rings (SSSR count). The number of rotatable bonds is 5. The molecule has 1 heterocycles. The SMILES string of the molecule is Cc1cccc(CN2CCc3cc(NC(=O)c4cc(C(F)(F)F)ccc4-c4ccccc4)ccc3C2)c1. The molecule has 0 aromatic heterocycles. The van der Waals surface area contributed by atoms with E-state index in [-0.39, 0.29) is 5.56 Å². The largest absolute Gasteiger partial charge is 0.416 e. The van der Waals surface area contributed by atoms with Gasteiger partial charge in [-0.3, -0.25) is 9.69 Å². The highest BCUT2D eigenvalue weighted by Crippen LogP contribution is 2.34. The minimum Gasteiger partial charge on any atom is -0.322 e. The lowest BCUT2D eigenvalue weighted by atomic mass is 9.96. The Hall–Kier alpha value is -3.90. The van der Waals surface area contributed by atoms with Gasteiger partial charge in [0.15, 0.2) is 0 Å². The van der Waals surface area contributed by atoms with Crippen molar-refractivity contribution in [3.63, 3.8) is 0 Å². The number of carbonyl (C=O) groups is 1. The number of fused-ring (bicyclic) bond motifs is 1. The van der Waals surface area contributed by atoms with E-state index in [1.54, 1.807) is 24.3 Å².